The molecule has 1 aliphatic carbocycles. The van der Waals surface area contributed by atoms with Gasteiger partial charge in [0.15, 0.2) is 0 Å². The molecular formula is C14H24ClN3. The number of aromatic nitrogens is 2. The lowest BCUT2D eigenvalue weighted by Gasteiger charge is -2.25. The van der Waals surface area contributed by atoms with Gasteiger partial charge >= 0.3 is 0 Å². The first-order chi connectivity index (χ1) is 8.59. The SMILES string of the molecule is CCc1nn(CC)c(CNC2(C)CCCC2)c1Cl. The fourth-order valence-corrected chi connectivity index (χ4v) is 3.15. The summed E-state index contributed by atoms with van der Waals surface area (Å²) in [5, 5.41) is 9.10. The van der Waals surface area contributed by atoms with Gasteiger partial charge in [-0.15, -0.1) is 0 Å². The molecular weight excluding hydrogens is 246 g/mol. The molecule has 0 unspecified atom stereocenters. The van der Waals surface area contributed by atoms with E-state index < -0.39 is 0 Å². The number of hydrogen-bond donors (Lipinski definition) is 1. The van der Waals surface area contributed by atoms with Gasteiger partial charge in [-0.3, -0.25) is 4.68 Å². The van der Waals surface area contributed by atoms with Crippen LogP contribution in [0.5, 0.6) is 0 Å². The normalized spacial score (nSPS) is 18.4. The fourth-order valence-electron chi connectivity index (χ4n) is 2.82. The third kappa shape index (κ3) is 2.72. The van der Waals surface area contributed by atoms with Crippen LogP contribution in [0.15, 0.2) is 0 Å². The molecule has 0 aromatic carbocycles. The van der Waals surface area contributed by atoms with Gasteiger partial charge in [-0.05, 0) is 33.1 Å². The summed E-state index contributed by atoms with van der Waals surface area (Å²) in [6, 6.07) is 0. The lowest BCUT2D eigenvalue weighted by atomic mass is 10.0. The Hall–Kier alpha value is -0.540. The Morgan fingerprint density at radius 1 is 1.33 bits per heavy atom. The van der Waals surface area contributed by atoms with Crippen LogP contribution in [0, 0.1) is 0 Å². The van der Waals surface area contributed by atoms with Crippen molar-refractivity contribution in [1.82, 2.24) is 15.1 Å². The molecule has 0 atom stereocenters. The van der Waals surface area contributed by atoms with E-state index >= 15 is 0 Å². The molecule has 0 bridgehead atoms. The highest BCUT2D eigenvalue weighted by Crippen LogP contribution is 2.30. The van der Waals surface area contributed by atoms with Crippen molar-refractivity contribution in [2.45, 2.75) is 71.5 Å². The number of rotatable bonds is 5. The van der Waals surface area contributed by atoms with E-state index in [0.717, 1.165) is 35.9 Å². The highest BCUT2D eigenvalue weighted by molar-refractivity contribution is 6.31. The van der Waals surface area contributed by atoms with Crippen LogP contribution in [-0.4, -0.2) is 15.3 Å². The summed E-state index contributed by atoms with van der Waals surface area (Å²) in [4.78, 5) is 0. The van der Waals surface area contributed by atoms with Crippen molar-refractivity contribution < 1.29 is 0 Å². The van der Waals surface area contributed by atoms with Crippen molar-refractivity contribution in [2.75, 3.05) is 0 Å². The van der Waals surface area contributed by atoms with Crippen LogP contribution >= 0.6 is 11.6 Å². The summed E-state index contributed by atoms with van der Waals surface area (Å²) >= 11 is 6.42. The lowest BCUT2D eigenvalue weighted by molar-refractivity contribution is 0.356. The van der Waals surface area contributed by atoms with E-state index in [2.05, 4.69) is 31.2 Å². The van der Waals surface area contributed by atoms with Crippen LogP contribution < -0.4 is 5.32 Å². The van der Waals surface area contributed by atoms with Gasteiger partial charge in [0.1, 0.15) is 0 Å². The van der Waals surface area contributed by atoms with E-state index in [-0.39, 0.29) is 0 Å². The van der Waals surface area contributed by atoms with Gasteiger partial charge in [-0.1, -0.05) is 31.4 Å². The summed E-state index contributed by atoms with van der Waals surface area (Å²) in [6.45, 7) is 8.25. The fraction of sp³-hybridized carbons (Fsp3) is 0.786. The quantitative estimate of drug-likeness (QED) is 0.886. The molecule has 0 saturated heterocycles. The smallest absolute Gasteiger partial charge is 0.0863 e. The molecule has 0 aliphatic heterocycles. The second-order valence-electron chi connectivity index (χ2n) is 5.50. The van der Waals surface area contributed by atoms with Gasteiger partial charge in [-0.25, -0.2) is 0 Å². The van der Waals surface area contributed by atoms with E-state index in [9.17, 15) is 0 Å². The van der Waals surface area contributed by atoms with Crippen molar-refractivity contribution >= 4 is 11.6 Å². The van der Waals surface area contributed by atoms with E-state index in [1.165, 1.54) is 25.7 Å². The zero-order valence-corrected chi connectivity index (χ0v) is 12.5. The van der Waals surface area contributed by atoms with Crippen molar-refractivity contribution in [2.24, 2.45) is 0 Å². The topological polar surface area (TPSA) is 29.9 Å². The Morgan fingerprint density at radius 3 is 2.56 bits per heavy atom. The largest absolute Gasteiger partial charge is 0.306 e. The van der Waals surface area contributed by atoms with Crippen molar-refractivity contribution in [1.29, 1.82) is 0 Å². The van der Waals surface area contributed by atoms with Gasteiger partial charge in [-0.2, -0.15) is 5.10 Å². The first-order valence-electron chi connectivity index (χ1n) is 7.08. The highest BCUT2D eigenvalue weighted by Gasteiger charge is 2.28. The molecule has 4 heteroatoms. The van der Waals surface area contributed by atoms with Crippen LogP contribution in [0.1, 0.15) is 57.8 Å². The van der Waals surface area contributed by atoms with E-state index in [1.807, 2.05) is 4.68 Å². The Morgan fingerprint density at radius 2 is 2.00 bits per heavy atom. The third-order valence-corrected chi connectivity index (χ3v) is 4.52. The minimum atomic E-state index is 0.290. The van der Waals surface area contributed by atoms with Crippen LogP contribution in [-0.2, 0) is 19.5 Å². The van der Waals surface area contributed by atoms with Gasteiger partial charge in [0, 0.05) is 18.6 Å². The minimum Gasteiger partial charge on any atom is -0.306 e. The number of nitrogens with zero attached hydrogens (tertiary/aromatic N) is 2. The lowest BCUT2D eigenvalue weighted by Crippen LogP contribution is -2.39. The number of aryl methyl sites for hydroxylation is 2. The molecule has 102 valence electrons. The summed E-state index contributed by atoms with van der Waals surface area (Å²) in [5.41, 5.74) is 2.45. The predicted octanol–water partition coefficient (Wildman–Crippen LogP) is 3.54. The summed E-state index contributed by atoms with van der Waals surface area (Å²) in [7, 11) is 0. The molecule has 1 aliphatic rings. The first kappa shape index (κ1) is 13.9. The number of hydrogen-bond acceptors (Lipinski definition) is 2. The first-order valence-corrected chi connectivity index (χ1v) is 7.46. The maximum Gasteiger partial charge on any atom is 0.0863 e. The van der Waals surface area contributed by atoms with Gasteiger partial charge in [0.2, 0.25) is 0 Å². The molecule has 0 amide bonds. The van der Waals surface area contributed by atoms with Crippen LogP contribution in [0.3, 0.4) is 0 Å². The monoisotopic (exact) mass is 269 g/mol. The van der Waals surface area contributed by atoms with Gasteiger partial charge in [0.05, 0.1) is 16.4 Å². The molecule has 1 aromatic rings. The molecule has 18 heavy (non-hydrogen) atoms. The summed E-state index contributed by atoms with van der Waals surface area (Å²) in [6.07, 6.45) is 6.11. The maximum absolute atomic E-state index is 6.42. The minimum absolute atomic E-state index is 0.290. The van der Waals surface area contributed by atoms with Crippen molar-refractivity contribution in [3.8, 4) is 0 Å². The van der Waals surface area contributed by atoms with Crippen LogP contribution in [0.4, 0.5) is 0 Å². The zero-order valence-electron chi connectivity index (χ0n) is 11.7. The molecule has 1 saturated carbocycles. The van der Waals surface area contributed by atoms with Gasteiger partial charge < -0.3 is 5.32 Å². The van der Waals surface area contributed by atoms with Crippen molar-refractivity contribution in [3.63, 3.8) is 0 Å². The molecule has 1 fully saturated rings. The zero-order chi connectivity index (χ0) is 13.2. The number of halogens is 1. The Kier molecular flexibility index (Phi) is 4.33. The third-order valence-electron chi connectivity index (χ3n) is 4.08. The summed E-state index contributed by atoms with van der Waals surface area (Å²) in [5.74, 6) is 0. The molecule has 1 aromatic heterocycles. The predicted molar refractivity (Wildman–Crippen MR) is 76.0 cm³/mol. The number of nitrogens with one attached hydrogen (secondary N) is 1. The second kappa shape index (κ2) is 5.62. The molecule has 0 radical (unpaired) electrons. The molecule has 0 spiro atoms. The average Bonchev–Trinajstić information content (AvgIpc) is 2.92. The average molecular weight is 270 g/mol. The molecule has 3 nitrogen and oxygen atoms in total. The van der Waals surface area contributed by atoms with Crippen LogP contribution in [0.25, 0.3) is 0 Å². The second-order valence-corrected chi connectivity index (χ2v) is 5.88. The molecule has 2 rings (SSSR count). The standard InChI is InChI=1S/C14H24ClN3/c1-4-11-13(15)12(18(5-2)17-11)10-16-14(3)8-6-7-9-14/h16H,4-10H2,1-3H3. The van der Waals surface area contributed by atoms with E-state index in [4.69, 9.17) is 11.6 Å². The highest BCUT2D eigenvalue weighted by atomic mass is 35.5. The molecule has 1 heterocycles. The molecule has 1 N–H and O–H groups in total. The van der Waals surface area contributed by atoms with Crippen molar-refractivity contribution in [3.05, 3.63) is 16.4 Å². The Balaban J connectivity index is 2.10. The maximum atomic E-state index is 6.42. The summed E-state index contributed by atoms with van der Waals surface area (Å²) < 4.78 is 2.03. The van der Waals surface area contributed by atoms with E-state index in [0.29, 0.717) is 5.54 Å². The van der Waals surface area contributed by atoms with E-state index in [1.54, 1.807) is 0 Å². The Labute approximate surface area is 115 Å². The Bertz CT molecular complexity index is 405. The van der Waals surface area contributed by atoms with Gasteiger partial charge in [0.25, 0.3) is 0 Å². The van der Waals surface area contributed by atoms with Crippen LogP contribution in [0.2, 0.25) is 5.02 Å².